The lowest BCUT2D eigenvalue weighted by Gasteiger charge is -2.27. The molecule has 1 fully saturated rings. The molecule has 1 atom stereocenters. The van der Waals surface area contributed by atoms with Gasteiger partial charge in [0, 0.05) is 5.69 Å². The second kappa shape index (κ2) is 5.07. The van der Waals surface area contributed by atoms with E-state index in [1.54, 1.807) is 29.2 Å². The summed E-state index contributed by atoms with van der Waals surface area (Å²) in [4.78, 5) is 34.8. The molecule has 0 aromatic heterocycles. The van der Waals surface area contributed by atoms with Gasteiger partial charge in [-0.25, -0.2) is 0 Å². The fraction of sp³-hybridized carbons (Fsp3) is 0.250. The largest absolute Gasteiger partial charge is 0.480 e. The van der Waals surface area contributed by atoms with Gasteiger partial charge >= 0.3 is 5.97 Å². The summed E-state index contributed by atoms with van der Waals surface area (Å²) in [5.41, 5.74) is 6.61. The van der Waals surface area contributed by atoms with Crippen molar-refractivity contribution >= 4 is 23.5 Å². The van der Waals surface area contributed by atoms with Crippen LogP contribution in [-0.4, -0.2) is 36.0 Å². The van der Waals surface area contributed by atoms with Crippen LogP contribution >= 0.6 is 0 Å². The second-order valence-corrected chi connectivity index (χ2v) is 4.23. The Kier molecular flexibility index (Phi) is 3.48. The van der Waals surface area contributed by atoms with Crippen molar-refractivity contribution in [2.75, 3.05) is 18.0 Å². The Balaban J connectivity index is 2.16. The van der Waals surface area contributed by atoms with E-state index in [2.05, 4.69) is 5.32 Å². The van der Waals surface area contributed by atoms with Crippen LogP contribution in [0.15, 0.2) is 24.3 Å². The highest BCUT2D eigenvalue weighted by atomic mass is 16.4. The van der Waals surface area contributed by atoms with Gasteiger partial charge in [0.15, 0.2) is 0 Å². The van der Waals surface area contributed by atoms with Crippen LogP contribution in [-0.2, 0) is 14.4 Å². The van der Waals surface area contributed by atoms with Crippen molar-refractivity contribution in [2.45, 2.75) is 6.04 Å². The van der Waals surface area contributed by atoms with Crippen LogP contribution in [0.1, 0.15) is 11.6 Å². The Morgan fingerprint density at radius 3 is 2.21 bits per heavy atom. The normalized spacial score (nSPS) is 17.0. The number of piperazine rings is 1. The fourth-order valence-electron chi connectivity index (χ4n) is 1.85. The first-order valence-electron chi connectivity index (χ1n) is 5.63. The highest BCUT2D eigenvalue weighted by molar-refractivity contribution is 6.02. The number of nitrogens with one attached hydrogen (secondary N) is 1. The molecule has 1 aromatic rings. The predicted molar refractivity (Wildman–Crippen MR) is 66.4 cm³/mol. The number of carboxylic acids is 1. The number of anilines is 1. The molecular weight excluding hydrogens is 250 g/mol. The number of benzene rings is 1. The van der Waals surface area contributed by atoms with Gasteiger partial charge in [0.05, 0.1) is 13.1 Å². The molecule has 7 nitrogen and oxygen atoms in total. The highest BCUT2D eigenvalue weighted by Gasteiger charge is 2.23. The van der Waals surface area contributed by atoms with Crippen LogP contribution in [0.4, 0.5) is 5.69 Å². The third-order valence-corrected chi connectivity index (χ3v) is 2.83. The number of nitrogens with two attached hydrogens (primary N) is 1. The molecule has 0 saturated carbocycles. The maximum absolute atomic E-state index is 11.3. The molecule has 0 spiro atoms. The maximum atomic E-state index is 11.3. The van der Waals surface area contributed by atoms with Crippen molar-refractivity contribution in [2.24, 2.45) is 5.73 Å². The van der Waals surface area contributed by atoms with Crippen LogP contribution in [0, 0.1) is 0 Å². The van der Waals surface area contributed by atoms with Gasteiger partial charge in [0.2, 0.25) is 11.8 Å². The van der Waals surface area contributed by atoms with E-state index < -0.39 is 12.0 Å². The molecular formula is C12H13N3O4. The fourth-order valence-corrected chi connectivity index (χ4v) is 1.85. The topological polar surface area (TPSA) is 113 Å². The molecule has 1 aliphatic rings. The number of aliphatic carboxylic acids is 1. The van der Waals surface area contributed by atoms with E-state index in [1.807, 2.05) is 0 Å². The van der Waals surface area contributed by atoms with Crippen molar-refractivity contribution in [3.05, 3.63) is 29.8 Å². The summed E-state index contributed by atoms with van der Waals surface area (Å²) in [6, 6.07) is 5.35. The first kappa shape index (κ1) is 13.0. The maximum Gasteiger partial charge on any atom is 0.325 e. The SMILES string of the molecule is NC(C(=O)O)c1ccc(N2CC(=O)NC(=O)C2)cc1. The van der Waals surface area contributed by atoms with Crippen LogP contribution in [0.5, 0.6) is 0 Å². The zero-order valence-electron chi connectivity index (χ0n) is 10.00. The van der Waals surface area contributed by atoms with Gasteiger partial charge in [0.25, 0.3) is 0 Å². The van der Waals surface area contributed by atoms with Gasteiger partial charge < -0.3 is 15.7 Å². The molecule has 4 N–H and O–H groups in total. The number of imide groups is 1. The third kappa shape index (κ3) is 2.89. The van der Waals surface area contributed by atoms with Crippen LogP contribution in [0.3, 0.4) is 0 Å². The molecule has 1 unspecified atom stereocenters. The van der Waals surface area contributed by atoms with Crippen LogP contribution < -0.4 is 16.0 Å². The summed E-state index contributed by atoms with van der Waals surface area (Å²) in [5.74, 6) is -1.83. The number of carbonyl (C=O) groups excluding carboxylic acids is 2. The minimum atomic E-state index is -1.11. The number of hydrogen-bond donors (Lipinski definition) is 3. The molecule has 1 saturated heterocycles. The molecule has 19 heavy (non-hydrogen) atoms. The van der Waals surface area contributed by atoms with Gasteiger partial charge in [-0.05, 0) is 17.7 Å². The number of nitrogens with zero attached hydrogens (tertiary/aromatic N) is 1. The Labute approximate surface area is 109 Å². The standard InChI is InChI=1S/C12H13N3O4/c13-11(12(18)19)7-1-3-8(4-2-7)15-5-9(16)14-10(17)6-15/h1-4,11H,5-6,13H2,(H,18,19)(H,14,16,17). The number of carbonyl (C=O) groups is 3. The third-order valence-electron chi connectivity index (χ3n) is 2.83. The van der Waals surface area contributed by atoms with E-state index in [4.69, 9.17) is 10.8 Å². The zero-order valence-corrected chi connectivity index (χ0v) is 10.00. The predicted octanol–water partition coefficient (Wildman–Crippen LogP) is -0.766. The van der Waals surface area contributed by atoms with Crippen LogP contribution in [0.2, 0.25) is 0 Å². The molecule has 1 aromatic carbocycles. The van der Waals surface area contributed by atoms with Crippen molar-refractivity contribution < 1.29 is 19.5 Å². The second-order valence-electron chi connectivity index (χ2n) is 4.23. The van der Waals surface area contributed by atoms with E-state index in [-0.39, 0.29) is 24.9 Å². The lowest BCUT2D eigenvalue weighted by molar-refractivity contribution is -0.138. The lowest BCUT2D eigenvalue weighted by atomic mass is 10.1. The number of rotatable bonds is 3. The molecule has 0 bridgehead atoms. The van der Waals surface area contributed by atoms with Crippen molar-refractivity contribution in [3.8, 4) is 0 Å². The summed E-state index contributed by atoms with van der Waals surface area (Å²) in [5, 5.41) is 11.0. The summed E-state index contributed by atoms with van der Waals surface area (Å²) >= 11 is 0. The summed E-state index contributed by atoms with van der Waals surface area (Å²) in [6.45, 7) is 0.187. The molecule has 0 radical (unpaired) electrons. The van der Waals surface area contributed by atoms with Gasteiger partial charge in [-0.2, -0.15) is 0 Å². The van der Waals surface area contributed by atoms with Crippen LogP contribution in [0.25, 0.3) is 0 Å². The smallest absolute Gasteiger partial charge is 0.325 e. The average molecular weight is 263 g/mol. The average Bonchev–Trinajstić information content (AvgIpc) is 2.37. The Bertz CT molecular complexity index is 510. The minimum absolute atomic E-state index is 0.0933. The Hall–Kier alpha value is -2.41. The van der Waals surface area contributed by atoms with Crippen molar-refractivity contribution in [3.63, 3.8) is 0 Å². The van der Waals surface area contributed by atoms with E-state index in [9.17, 15) is 14.4 Å². The van der Waals surface area contributed by atoms with Crippen molar-refractivity contribution in [1.29, 1.82) is 0 Å². The number of hydrogen-bond acceptors (Lipinski definition) is 5. The summed E-state index contributed by atoms with van der Waals surface area (Å²) in [6.07, 6.45) is 0. The molecule has 0 aliphatic carbocycles. The van der Waals surface area contributed by atoms with Gasteiger partial charge in [-0.15, -0.1) is 0 Å². The summed E-state index contributed by atoms with van der Waals surface area (Å²) < 4.78 is 0. The highest BCUT2D eigenvalue weighted by Crippen LogP contribution is 2.19. The first-order valence-corrected chi connectivity index (χ1v) is 5.63. The van der Waals surface area contributed by atoms with Gasteiger partial charge in [0.1, 0.15) is 6.04 Å². The zero-order chi connectivity index (χ0) is 14.0. The molecule has 100 valence electrons. The summed E-state index contributed by atoms with van der Waals surface area (Å²) in [7, 11) is 0. The molecule has 1 aliphatic heterocycles. The lowest BCUT2D eigenvalue weighted by Crippen LogP contribution is -2.51. The minimum Gasteiger partial charge on any atom is -0.480 e. The number of carboxylic acid groups (broad SMARTS) is 1. The molecule has 1 heterocycles. The van der Waals surface area contributed by atoms with Crippen molar-refractivity contribution in [1.82, 2.24) is 5.32 Å². The quantitative estimate of drug-likeness (QED) is 0.617. The van der Waals surface area contributed by atoms with E-state index in [0.717, 1.165) is 0 Å². The van der Waals surface area contributed by atoms with Gasteiger partial charge in [-0.1, -0.05) is 12.1 Å². The molecule has 7 heteroatoms. The van der Waals surface area contributed by atoms with E-state index >= 15 is 0 Å². The van der Waals surface area contributed by atoms with E-state index in [1.165, 1.54) is 0 Å². The Morgan fingerprint density at radius 2 is 1.74 bits per heavy atom. The molecule has 2 rings (SSSR count). The first-order chi connectivity index (χ1) is 8.97. The van der Waals surface area contributed by atoms with Gasteiger partial charge in [-0.3, -0.25) is 19.7 Å². The van der Waals surface area contributed by atoms with E-state index in [0.29, 0.717) is 11.3 Å². The number of amides is 2. The Morgan fingerprint density at radius 1 is 1.21 bits per heavy atom. The molecule has 2 amide bonds. The monoisotopic (exact) mass is 263 g/mol.